The predicted octanol–water partition coefficient (Wildman–Crippen LogP) is 7.21. The lowest BCUT2D eigenvalue weighted by Gasteiger charge is -2.08. The Morgan fingerprint density at radius 2 is 1.30 bits per heavy atom. The van der Waals surface area contributed by atoms with Gasteiger partial charge in [0.05, 0.1) is 6.61 Å². The van der Waals surface area contributed by atoms with Gasteiger partial charge in [0.15, 0.2) is 0 Å². The Kier molecular flexibility index (Phi) is 14.9. The molecule has 0 rings (SSSR count). The molecule has 0 heterocycles. The van der Waals surface area contributed by atoms with Crippen molar-refractivity contribution in [2.45, 2.75) is 70.8 Å². The molecule has 0 saturated heterocycles. The summed E-state index contributed by atoms with van der Waals surface area (Å²) in [5.41, 5.74) is 1.12. The summed E-state index contributed by atoms with van der Waals surface area (Å²) in [5, 5.41) is 0. The minimum Gasteiger partial charge on any atom is -0.377 e. The molecule has 0 aromatic carbocycles. The van der Waals surface area contributed by atoms with Gasteiger partial charge in [-0.05, 0) is 19.4 Å². The highest BCUT2D eigenvalue weighted by Crippen LogP contribution is 2.33. The van der Waals surface area contributed by atoms with Crippen molar-refractivity contribution in [3.8, 4) is 0 Å². The molecule has 0 aliphatic carbocycles. The highest BCUT2D eigenvalue weighted by Gasteiger charge is 2.20. The quantitative estimate of drug-likeness (QED) is 0.108. The smallest absolute Gasteiger partial charge is 0.267 e. The van der Waals surface area contributed by atoms with Crippen LogP contribution in [0.2, 0.25) is 6.04 Å². The molecule has 5 heteroatoms. The lowest BCUT2D eigenvalue weighted by molar-refractivity contribution is 0.151. The summed E-state index contributed by atoms with van der Waals surface area (Å²) in [4.78, 5) is 0. The molecule has 20 heavy (non-hydrogen) atoms. The molecule has 0 N–H and O–H groups in total. The van der Waals surface area contributed by atoms with Gasteiger partial charge in [-0.15, -0.1) is 0 Å². The second-order valence-electron chi connectivity index (χ2n) is 5.56. The number of unbranched alkanes of at least 4 members (excludes halogenated alkanes) is 8. The number of rotatable bonds is 14. The zero-order chi connectivity index (χ0) is 15.3. The van der Waals surface area contributed by atoms with Gasteiger partial charge in [-0.25, -0.2) is 0 Å². The largest absolute Gasteiger partial charge is 0.377 e. The minimum atomic E-state index is -1.34. The third-order valence-electron chi connectivity index (χ3n) is 3.10. The maximum Gasteiger partial charge on any atom is 0.267 e. The van der Waals surface area contributed by atoms with E-state index in [-0.39, 0.29) is 0 Å². The summed E-state index contributed by atoms with van der Waals surface area (Å²) in [6.45, 7) is 7.45. The van der Waals surface area contributed by atoms with Crippen LogP contribution >= 0.6 is 45.9 Å². The van der Waals surface area contributed by atoms with E-state index in [1.165, 1.54) is 63.8 Å². The van der Waals surface area contributed by atoms with Crippen LogP contribution in [-0.2, 0) is 4.74 Å². The Labute approximate surface area is 150 Å². The molecule has 0 bridgehead atoms. The first-order chi connectivity index (χ1) is 9.42. The summed E-state index contributed by atoms with van der Waals surface area (Å²) < 4.78 is 4.15. The number of ether oxygens (including phenoxy) is 1. The highest BCUT2D eigenvalue weighted by molar-refractivity contribution is 9.72. The van der Waals surface area contributed by atoms with Crippen molar-refractivity contribution in [2.24, 2.45) is 0 Å². The van der Waals surface area contributed by atoms with Crippen LogP contribution in [0.4, 0.5) is 0 Å². The fourth-order valence-electron chi connectivity index (χ4n) is 2.01. The Hall–Kier alpha value is 1.36. The van der Waals surface area contributed by atoms with Crippen molar-refractivity contribution >= 4 is 49.8 Å². The third kappa shape index (κ3) is 19.4. The molecule has 0 unspecified atom stereocenters. The van der Waals surface area contributed by atoms with Crippen molar-refractivity contribution in [1.29, 1.82) is 0 Å². The molecule has 0 aromatic rings. The van der Waals surface area contributed by atoms with E-state index in [1.807, 2.05) is 6.92 Å². The van der Waals surface area contributed by atoms with E-state index in [2.05, 4.69) is 52.5 Å². The molecule has 0 saturated carbocycles. The van der Waals surface area contributed by atoms with Crippen molar-refractivity contribution in [3.63, 3.8) is 0 Å². The van der Waals surface area contributed by atoms with Gasteiger partial charge in [0.1, 0.15) is 0 Å². The van der Waals surface area contributed by atoms with E-state index in [0.717, 1.165) is 18.8 Å². The van der Waals surface area contributed by atoms with Crippen molar-refractivity contribution in [2.75, 3.05) is 13.2 Å². The zero-order valence-electron chi connectivity index (χ0n) is 12.7. The molecular weight excluding hydrogens is 464 g/mol. The van der Waals surface area contributed by atoms with E-state index in [1.54, 1.807) is 0 Å². The minimum absolute atomic E-state index is 0.724. The monoisotopic (exact) mass is 490 g/mol. The van der Waals surface area contributed by atoms with E-state index >= 15 is 0 Å². The van der Waals surface area contributed by atoms with Crippen LogP contribution in [0.3, 0.4) is 0 Å². The molecule has 120 valence electrons. The molecule has 0 aliphatic heterocycles. The lowest BCUT2D eigenvalue weighted by atomic mass is 10.1. The Morgan fingerprint density at radius 3 is 1.75 bits per heavy atom. The summed E-state index contributed by atoms with van der Waals surface area (Å²) in [6, 6.07) is 1.26. The van der Waals surface area contributed by atoms with Crippen LogP contribution in [0.15, 0.2) is 12.2 Å². The Morgan fingerprint density at radius 1 is 0.850 bits per heavy atom. The maximum absolute atomic E-state index is 5.49. The first-order valence-corrected chi connectivity index (χ1v) is 16.7. The molecule has 0 atom stereocenters. The average molecular weight is 493 g/mol. The first kappa shape index (κ1) is 21.4. The van der Waals surface area contributed by atoms with Crippen LogP contribution < -0.4 is 0 Å². The molecule has 0 radical (unpaired) electrons. The summed E-state index contributed by atoms with van der Waals surface area (Å²) in [7, 11) is 0. The topological polar surface area (TPSA) is 9.23 Å². The standard InChI is InChI=1S/C15H29Br3OSi/c1-15(2)14-19-12-10-8-6-4-3-5-7-9-11-13-20(16,17)18/h1,3-14H2,2H3. The third-order valence-corrected chi connectivity index (χ3v) is 7.59. The SMILES string of the molecule is C=C(C)COCCCCCCCCCCC[Si](Br)(Br)Br. The van der Waals surface area contributed by atoms with Gasteiger partial charge < -0.3 is 4.74 Å². The maximum atomic E-state index is 5.49. The van der Waals surface area contributed by atoms with Gasteiger partial charge >= 0.3 is 0 Å². The van der Waals surface area contributed by atoms with Crippen LogP contribution in [0.5, 0.6) is 0 Å². The van der Waals surface area contributed by atoms with Crippen LogP contribution in [0.25, 0.3) is 0 Å². The fourth-order valence-corrected chi connectivity index (χ4v) is 5.19. The van der Waals surface area contributed by atoms with Gasteiger partial charge in [0.2, 0.25) is 0 Å². The Bertz CT molecular complexity index is 242. The summed E-state index contributed by atoms with van der Waals surface area (Å²) in [5.74, 6) is 0. The number of hydrogen-bond donors (Lipinski definition) is 0. The van der Waals surface area contributed by atoms with E-state index in [4.69, 9.17) is 4.74 Å². The number of halogens is 3. The van der Waals surface area contributed by atoms with Gasteiger partial charge in [-0.1, -0.05) is 109 Å². The van der Waals surface area contributed by atoms with Crippen molar-refractivity contribution in [1.82, 2.24) is 0 Å². The fraction of sp³-hybridized carbons (Fsp3) is 0.867. The van der Waals surface area contributed by atoms with Crippen LogP contribution in [0, 0.1) is 0 Å². The highest BCUT2D eigenvalue weighted by atomic mass is 80.0. The predicted molar refractivity (Wildman–Crippen MR) is 105 cm³/mol. The molecule has 0 aromatic heterocycles. The summed E-state index contributed by atoms with van der Waals surface area (Å²) >= 11 is 11.0. The van der Waals surface area contributed by atoms with E-state index in [9.17, 15) is 0 Å². The lowest BCUT2D eigenvalue weighted by Crippen LogP contribution is -2.04. The average Bonchev–Trinajstić information content (AvgIpc) is 2.33. The zero-order valence-corrected chi connectivity index (χ0v) is 18.5. The number of hydrogen-bond acceptors (Lipinski definition) is 1. The second kappa shape index (κ2) is 14.0. The van der Waals surface area contributed by atoms with Gasteiger partial charge in [-0.3, -0.25) is 0 Å². The second-order valence-corrected chi connectivity index (χ2v) is 29.0. The first-order valence-electron chi connectivity index (χ1n) is 7.70. The van der Waals surface area contributed by atoms with Gasteiger partial charge in [0, 0.05) is 6.61 Å². The van der Waals surface area contributed by atoms with Crippen molar-refractivity contribution in [3.05, 3.63) is 12.2 Å². The molecule has 0 aliphatic rings. The van der Waals surface area contributed by atoms with E-state index in [0.29, 0.717) is 0 Å². The van der Waals surface area contributed by atoms with Crippen LogP contribution in [0.1, 0.15) is 64.7 Å². The molecule has 1 nitrogen and oxygen atoms in total. The molecule has 0 amide bonds. The molecule has 0 spiro atoms. The van der Waals surface area contributed by atoms with Crippen molar-refractivity contribution < 1.29 is 4.74 Å². The van der Waals surface area contributed by atoms with E-state index < -0.39 is 3.93 Å². The van der Waals surface area contributed by atoms with Crippen LogP contribution in [-0.4, -0.2) is 17.1 Å². The molecular formula is C15H29Br3OSi. The normalized spacial score (nSPS) is 11.8. The molecule has 0 fully saturated rings. The van der Waals surface area contributed by atoms with Gasteiger partial charge in [-0.2, -0.15) is 0 Å². The van der Waals surface area contributed by atoms with Gasteiger partial charge in [0.25, 0.3) is 3.93 Å². The summed E-state index contributed by atoms with van der Waals surface area (Å²) in [6.07, 6.45) is 12.1. The Balaban J connectivity index is 3.05.